The molecule has 4 nitrogen and oxygen atoms in total. The number of anilines is 2. The normalized spacial score (nSPS) is 16.8. The number of rotatable bonds is 5. The lowest BCUT2D eigenvalue weighted by Gasteiger charge is -2.23. The van der Waals surface area contributed by atoms with Crippen molar-refractivity contribution in [3.63, 3.8) is 0 Å². The second-order valence-electron chi connectivity index (χ2n) is 4.92. The molecule has 0 atom stereocenters. The van der Waals surface area contributed by atoms with E-state index in [1.54, 1.807) is 6.07 Å². The Morgan fingerprint density at radius 2 is 1.90 bits per heavy atom. The molecular formula is C13H19F3N4S. The molecule has 0 unspecified atom stereocenters. The van der Waals surface area contributed by atoms with Gasteiger partial charge in [0.05, 0.1) is 0 Å². The second kappa shape index (κ2) is 7.20. The van der Waals surface area contributed by atoms with E-state index in [-0.39, 0.29) is 17.7 Å². The fraction of sp³-hybridized carbons (Fsp3) is 0.692. The number of aromatic nitrogens is 2. The predicted octanol–water partition coefficient (Wildman–Crippen LogP) is 3.62. The van der Waals surface area contributed by atoms with Crippen LogP contribution in [0.25, 0.3) is 0 Å². The number of hydrogen-bond acceptors (Lipinski definition) is 5. The van der Waals surface area contributed by atoms with Crippen molar-refractivity contribution in [3.8, 4) is 0 Å². The molecule has 1 aromatic rings. The first-order valence-corrected chi connectivity index (χ1v) is 8.19. The summed E-state index contributed by atoms with van der Waals surface area (Å²) in [4.78, 5) is 7.16. The average molecular weight is 320 g/mol. The minimum atomic E-state index is -4.54. The summed E-state index contributed by atoms with van der Waals surface area (Å²) < 4.78 is 38.6. The molecule has 1 fully saturated rings. The second-order valence-corrected chi connectivity index (χ2v) is 6.14. The molecule has 2 heterocycles. The molecule has 0 aromatic carbocycles. The van der Waals surface area contributed by atoms with E-state index >= 15 is 0 Å². The summed E-state index contributed by atoms with van der Waals surface area (Å²) in [6, 6.07) is 1.73. The summed E-state index contributed by atoms with van der Waals surface area (Å²) in [6.45, 7) is 2.52. The molecule has 1 aliphatic rings. The SMILES string of the molecule is CCCNc1cc(NC2CCSCC2)nc(C(F)(F)F)n1. The Morgan fingerprint density at radius 3 is 2.52 bits per heavy atom. The van der Waals surface area contributed by atoms with Gasteiger partial charge in [-0.25, -0.2) is 9.97 Å². The molecule has 2 N–H and O–H groups in total. The van der Waals surface area contributed by atoms with E-state index < -0.39 is 12.0 Å². The van der Waals surface area contributed by atoms with E-state index in [2.05, 4.69) is 20.6 Å². The van der Waals surface area contributed by atoms with Gasteiger partial charge in [0, 0.05) is 18.7 Å². The Hall–Kier alpha value is -1.18. The van der Waals surface area contributed by atoms with Crippen LogP contribution in [0.5, 0.6) is 0 Å². The summed E-state index contributed by atoms with van der Waals surface area (Å²) in [5, 5.41) is 5.99. The van der Waals surface area contributed by atoms with E-state index in [1.807, 2.05) is 18.7 Å². The van der Waals surface area contributed by atoms with E-state index in [0.717, 1.165) is 30.8 Å². The van der Waals surface area contributed by atoms with Crippen molar-refractivity contribution in [2.45, 2.75) is 38.4 Å². The van der Waals surface area contributed by atoms with Gasteiger partial charge in [-0.05, 0) is 30.8 Å². The Labute approximate surface area is 126 Å². The van der Waals surface area contributed by atoms with Gasteiger partial charge in [-0.1, -0.05) is 6.92 Å². The largest absolute Gasteiger partial charge is 0.451 e. The zero-order valence-corrected chi connectivity index (χ0v) is 12.7. The van der Waals surface area contributed by atoms with Crippen molar-refractivity contribution in [3.05, 3.63) is 11.9 Å². The molecule has 1 aromatic heterocycles. The van der Waals surface area contributed by atoms with Crippen LogP contribution in [0, 0.1) is 0 Å². The molecule has 21 heavy (non-hydrogen) atoms. The summed E-state index contributed by atoms with van der Waals surface area (Å²) in [6.07, 6.45) is -1.85. The van der Waals surface area contributed by atoms with Gasteiger partial charge >= 0.3 is 6.18 Å². The fourth-order valence-electron chi connectivity index (χ4n) is 2.04. The van der Waals surface area contributed by atoms with Gasteiger partial charge < -0.3 is 10.6 Å². The number of nitrogens with zero attached hydrogens (tertiary/aromatic N) is 2. The maximum atomic E-state index is 12.9. The highest BCUT2D eigenvalue weighted by Gasteiger charge is 2.35. The first-order chi connectivity index (χ1) is 9.99. The third-order valence-electron chi connectivity index (χ3n) is 3.11. The van der Waals surface area contributed by atoms with Crippen molar-refractivity contribution in [2.75, 3.05) is 28.7 Å². The fourth-order valence-corrected chi connectivity index (χ4v) is 3.15. The highest BCUT2D eigenvalue weighted by Crippen LogP contribution is 2.29. The number of halogens is 3. The third-order valence-corrected chi connectivity index (χ3v) is 4.16. The highest BCUT2D eigenvalue weighted by molar-refractivity contribution is 7.99. The van der Waals surface area contributed by atoms with Gasteiger partial charge in [-0.15, -0.1) is 0 Å². The Kier molecular flexibility index (Phi) is 5.55. The van der Waals surface area contributed by atoms with Crippen molar-refractivity contribution < 1.29 is 13.2 Å². The topological polar surface area (TPSA) is 49.8 Å². The van der Waals surface area contributed by atoms with Crippen LogP contribution in [0.2, 0.25) is 0 Å². The quantitative estimate of drug-likeness (QED) is 0.868. The maximum Gasteiger partial charge on any atom is 0.451 e. The Balaban J connectivity index is 2.17. The smallest absolute Gasteiger partial charge is 0.370 e. The van der Waals surface area contributed by atoms with Crippen molar-refractivity contribution >= 4 is 23.4 Å². The van der Waals surface area contributed by atoms with Crippen molar-refractivity contribution in [2.24, 2.45) is 0 Å². The van der Waals surface area contributed by atoms with Crippen LogP contribution in [0.4, 0.5) is 24.8 Å². The first kappa shape index (κ1) is 16.2. The molecule has 0 amide bonds. The monoisotopic (exact) mass is 320 g/mol. The average Bonchev–Trinajstić information content (AvgIpc) is 2.45. The lowest BCUT2D eigenvalue weighted by molar-refractivity contribution is -0.144. The predicted molar refractivity (Wildman–Crippen MR) is 79.8 cm³/mol. The summed E-state index contributed by atoms with van der Waals surface area (Å²) in [5.74, 6) is 1.40. The van der Waals surface area contributed by atoms with Crippen LogP contribution in [-0.4, -0.2) is 34.1 Å². The molecule has 118 valence electrons. The molecule has 8 heteroatoms. The molecule has 2 rings (SSSR count). The van der Waals surface area contributed by atoms with Gasteiger partial charge in [-0.3, -0.25) is 0 Å². The lowest BCUT2D eigenvalue weighted by atomic mass is 10.1. The minimum Gasteiger partial charge on any atom is -0.370 e. The van der Waals surface area contributed by atoms with Gasteiger partial charge in [0.15, 0.2) is 0 Å². The van der Waals surface area contributed by atoms with Crippen LogP contribution >= 0.6 is 11.8 Å². The van der Waals surface area contributed by atoms with Gasteiger partial charge in [0.1, 0.15) is 11.6 Å². The summed E-state index contributed by atoms with van der Waals surface area (Å²) in [5.41, 5.74) is 0. The molecule has 0 saturated carbocycles. The lowest BCUT2D eigenvalue weighted by Crippen LogP contribution is -2.26. The van der Waals surface area contributed by atoms with Gasteiger partial charge in [0.25, 0.3) is 0 Å². The zero-order valence-electron chi connectivity index (χ0n) is 11.8. The highest BCUT2D eigenvalue weighted by atomic mass is 32.2. The molecule has 0 aliphatic carbocycles. The zero-order chi connectivity index (χ0) is 15.3. The third kappa shape index (κ3) is 4.94. The van der Waals surface area contributed by atoms with E-state index in [0.29, 0.717) is 6.54 Å². The van der Waals surface area contributed by atoms with Crippen molar-refractivity contribution in [1.82, 2.24) is 9.97 Å². The first-order valence-electron chi connectivity index (χ1n) is 7.03. The number of alkyl halides is 3. The van der Waals surface area contributed by atoms with E-state index in [1.165, 1.54) is 0 Å². The molecular weight excluding hydrogens is 301 g/mol. The minimum absolute atomic E-state index is 0.182. The molecule has 1 aliphatic heterocycles. The number of hydrogen-bond donors (Lipinski definition) is 2. The van der Waals surface area contributed by atoms with E-state index in [4.69, 9.17) is 0 Å². The van der Waals surface area contributed by atoms with E-state index in [9.17, 15) is 13.2 Å². The van der Waals surface area contributed by atoms with Crippen molar-refractivity contribution in [1.29, 1.82) is 0 Å². The maximum absolute atomic E-state index is 12.9. The molecule has 1 saturated heterocycles. The Bertz CT molecular complexity index is 461. The van der Waals surface area contributed by atoms with Crippen LogP contribution in [0.15, 0.2) is 6.07 Å². The molecule has 0 bridgehead atoms. The molecule has 0 spiro atoms. The number of thioether (sulfide) groups is 1. The number of nitrogens with one attached hydrogen (secondary N) is 2. The van der Waals surface area contributed by atoms with Crippen LogP contribution in [0.1, 0.15) is 32.0 Å². The van der Waals surface area contributed by atoms with Crippen LogP contribution < -0.4 is 10.6 Å². The Morgan fingerprint density at radius 1 is 1.24 bits per heavy atom. The summed E-state index contributed by atoms with van der Waals surface area (Å²) in [7, 11) is 0. The van der Waals surface area contributed by atoms with Gasteiger partial charge in [-0.2, -0.15) is 24.9 Å². The van der Waals surface area contributed by atoms with Gasteiger partial charge in [0.2, 0.25) is 5.82 Å². The standard InChI is InChI=1S/C13H19F3N4S/c1-2-5-17-10-8-11(18-9-3-6-21-7-4-9)20-12(19-10)13(14,15)16/h8-9H,2-7H2,1H3,(H2,17,18,19,20). The van der Waals surface area contributed by atoms with Crippen LogP contribution in [0.3, 0.4) is 0 Å². The van der Waals surface area contributed by atoms with Crippen LogP contribution in [-0.2, 0) is 6.18 Å². The summed E-state index contributed by atoms with van der Waals surface area (Å²) >= 11 is 1.87. The molecule has 0 radical (unpaired) electrons.